The molecule has 0 N–H and O–H groups in total. The lowest BCUT2D eigenvalue weighted by Crippen LogP contribution is -2.34. The van der Waals surface area contributed by atoms with Gasteiger partial charge in [-0.05, 0) is 25.1 Å². The average molecular weight is 339 g/mol. The molecule has 0 saturated heterocycles. The zero-order chi connectivity index (χ0) is 15.3. The van der Waals surface area contributed by atoms with Crippen molar-refractivity contribution in [2.45, 2.75) is 19.4 Å². The highest BCUT2D eigenvalue weighted by Crippen LogP contribution is 2.19. The Labute approximate surface area is 126 Å². The number of benzene rings is 1. The Bertz CT molecular complexity index is 566. The highest BCUT2D eigenvalue weighted by Gasteiger charge is 2.19. The second-order valence-electron chi connectivity index (χ2n) is 4.35. The third-order valence-electron chi connectivity index (χ3n) is 2.93. The van der Waals surface area contributed by atoms with Crippen LogP contribution in [-0.4, -0.2) is 37.0 Å². The molecule has 1 unspecified atom stereocenters. The first-order chi connectivity index (χ1) is 9.40. The van der Waals surface area contributed by atoms with E-state index >= 15 is 0 Å². The Morgan fingerprint density at radius 2 is 2.00 bits per heavy atom. The zero-order valence-corrected chi connectivity index (χ0v) is 13.1. The lowest BCUT2D eigenvalue weighted by atomic mass is 10.1. The molecule has 0 aliphatic rings. The van der Waals surface area contributed by atoms with Crippen molar-refractivity contribution >= 4 is 27.8 Å². The zero-order valence-electron chi connectivity index (χ0n) is 11.5. The molecule has 0 aliphatic carbocycles. The summed E-state index contributed by atoms with van der Waals surface area (Å²) >= 11 is 3.26. The fourth-order valence-electron chi connectivity index (χ4n) is 1.62. The molecule has 0 heterocycles. The maximum Gasteiger partial charge on any atom is 0.337 e. The van der Waals surface area contributed by atoms with Crippen molar-refractivity contribution in [1.82, 2.24) is 4.90 Å². The summed E-state index contributed by atoms with van der Waals surface area (Å²) in [5.74, 6) is -0.757. The molecule has 5 nitrogen and oxygen atoms in total. The van der Waals surface area contributed by atoms with Gasteiger partial charge in [0.25, 0.3) is 5.91 Å². The average Bonchev–Trinajstić information content (AvgIpc) is 2.44. The normalized spacial score (nSPS) is 11.3. The number of ether oxygens (including phenoxy) is 1. The molecule has 6 heteroatoms. The highest BCUT2D eigenvalue weighted by atomic mass is 79.9. The number of carbonyl (C=O) groups excluding carboxylic acids is 2. The quantitative estimate of drug-likeness (QED) is 0.791. The van der Waals surface area contributed by atoms with Crippen LogP contribution in [0.1, 0.15) is 34.1 Å². The molecule has 0 bridgehead atoms. The van der Waals surface area contributed by atoms with E-state index in [0.717, 1.165) is 0 Å². The molecule has 1 rings (SSSR count). The van der Waals surface area contributed by atoms with Gasteiger partial charge in [-0.3, -0.25) is 4.79 Å². The number of methoxy groups -OCH3 is 1. The molecule has 0 aromatic heterocycles. The molecule has 0 spiro atoms. The minimum Gasteiger partial charge on any atom is -0.465 e. The summed E-state index contributed by atoms with van der Waals surface area (Å²) in [6.45, 7) is 1.79. The first-order valence-corrected chi connectivity index (χ1v) is 6.73. The largest absolute Gasteiger partial charge is 0.465 e. The van der Waals surface area contributed by atoms with Crippen molar-refractivity contribution in [3.05, 3.63) is 33.8 Å². The van der Waals surface area contributed by atoms with Crippen LogP contribution in [0.4, 0.5) is 0 Å². The van der Waals surface area contributed by atoms with Gasteiger partial charge in [-0.1, -0.05) is 15.9 Å². The fraction of sp³-hybridized carbons (Fsp3) is 0.357. The van der Waals surface area contributed by atoms with Crippen molar-refractivity contribution in [2.75, 3.05) is 14.2 Å². The molecular weight excluding hydrogens is 324 g/mol. The van der Waals surface area contributed by atoms with E-state index in [1.807, 2.05) is 6.07 Å². The number of esters is 1. The number of halogens is 1. The number of carbonyl (C=O) groups is 2. The summed E-state index contributed by atoms with van der Waals surface area (Å²) in [5.41, 5.74) is 0.665. The SMILES string of the molecule is COC(=O)c1cc(Br)cc(C(=O)N(C)C(C)CC#N)c1. The Morgan fingerprint density at radius 1 is 1.40 bits per heavy atom. The van der Waals surface area contributed by atoms with Crippen LogP contribution in [0.5, 0.6) is 0 Å². The molecular formula is C14H15BrN2O3. The molecule has 0 saturated carbocycles. The van der Waals surface area contributed by atoms with Gasteiger partial charge in [0, 0.05) is 23.1 Å². The molecule has 106 valence electrons. The minimum absolute atomic E-state index is 0.201. The van der Waals surface area contributed by atoms with Gasteiger partial charge in [0.05, 0.1) is 25.2 Å². The number of nitrogens with zero attached hydrogens (tertiary/aromatic N) is 2. The van der Waals surface area contributed by atoms with Gasteiger partial charge < -0.3 is 9.64 Å². The molecule has 20 heavy (non-hydrogen) atoms. The van der Waals surface area contributed by atoms with Gasteiger partial charge in [0.1, 0.15) is 0 Å². The highest BCUT2D eigenvalue weighted by molar-refractivity contribution is 9.10. The van der Waals surface area contributed by atoms with Crippen LogP contribution in [0.25, 0.3) is 0 Å². The van der Waals surface area contributed by atoms with Crippen LogP contribution in [-0.2, 0) is 4.74 Å². The third-order valence-corrected chi connectivity index (χ3v) is 3.39. The van der Waals surface area contributed by atoms with Crippen LogP contribution in [0.15, 0.2) is 22.7 Å². The maximum absolute atomic E-state index is 12.3. The summed E-state index contributed by atoms with van der Waals surface area (Å²) in [6.07, 6.45) is 0.250. The van der Waals surface area contributed by atoms with Crippen LogP contribution in [0.3, 0.4) is 0 Å². The van der Waals surface area contributed by atoms with Crippen LogP contribution >= 0.6 is 15.9 Å². The van der Waals surface area contributed by atoms with Crippen molar-refractivity contribution in [1.29, 1.82) is 5.26 Å². The van der Waals surface area contributed by atoms with E-state index in [2.05, 4.69) is 20.7 Å². The summed E-state index contributed by atoms with van der Waals surface area (Å²) in [7, 11) is 2.91. The molecule has 0 aliphatic heterocycles. The summed E-state index contributed by atoms with van der Waals surface area (Å²) in [5, 5.41) is 8.67. The topological polar surface area (TPSA) is 70.4 Å². The predicted octanol–water partition coefficient (Wildman–Crippen LogP) is 2.61. The number of hydrogen-bond acceptors (Lipinski definition) is 4. The molecule has 1 aromatic rings. The van der Waals surface area contributed by atoms with E-state index in [-0.39, 0.29) is 18.4 Å². The maximum atomic E-state index is 12.3. The third kappa shape index (κ3) is 3.81. The van der Waals surface area contributed by atoms with Gasteiger partial charge in [0.15, 0.2) is 0 Å². The number of nitriles is 1. The standard InChI is InChI=1S/C14H15BrN2O3/c1-9(4-5-16)17(2)13(18)10-6-11(14(19)20-3)8-12(15)7-10/h6-9H,4H2,1-3H3. The first-order valence-electron chi connectivity index (χ1n) is 5.93. The summed E-state index contributed by atoms with van der Waals surface area (Å²) in [6, 6.07) is 6.52. The Morgan fingerprint density at radius 3 is 2.55 bits per heavy atom. The molecule has 1 atom stereocenters. The summed E-state index contributed by atoms with van der Waals surface area (Å²) < 4.78 is 5.26. The van der Waals surface area contributed by atoms with Crippen LogP contribution in [0.2, 0.25) is 0 Å². The first kappa shape index (κ1) is 16.2. The van der Waals surface area contributed by atoms with Crippen molar-refractivity contribution < 1.29 is 14.3 Å². The number of rotatable bonds is 4. The lowest BCUT2D eigenvalue weighted by Gasteiger charge is -2.23. The van der Waals surface area contributed by atoms with E-state index in [0.29, 0.717) is 15.6 Å². The number of hydrogen-bond donors (Lipinski definition) is 0. The van der Waals surface area contributed by atoms with E-state index < -0.39 is 5.97 Å². The fourth-order valence-corrected chi connectivity index (χ4v) is 2.11. The van der Waals surface area contributed by atoms with Crippen LogP contribution in [0, 0.1) is 11.3 Å². The Hall–Kier alpha value is -1.87. The van der Waals surface area contributed by atoms with Crippen LogP contribution < -0.4 is 0 Å². The van der Waals surface area contributed by atoms with E-state index in [9.17, 15) is 9.59 Å². The monoisotopic (exact) mass is 338 g/mol. The van der Waals surface area contributed by atoms with E-state index in [1.54, 1.807) is 26.1 Å². The predicted molar refractivity (Wildman–Crippen MR) is 77.3 cm³/mol. The molecule has 0 radical (unpaired) electrons. The summed E-state index contributed by atoms with van der Waals surface area (Å²) in [4.78, 5) is 25.3. The molecule has 1 aromatic carbocycles. The Balaban J connectivity index is 3.07. The Kier molecular flexibility index (Phi) is 5.71. The van der Waals surface area contributed by atoms with Gasteiger partial charge in [0.2, 0.25) is 0 Å². The van der Waals surface area contributed by atoms with E-state index in [4.69, 9.17) is 5.26 Å². The second-order valence-corrected chi connectivity index (χ2v) is 5.26. The molecule has 1 amide bonds. The van der Waals surface area contributed by atoms with Gasteiger partial charge in [-0.15, -0.1) is 0 Å². The van der Waals surface area contributed by atoms with Crippen molar-refractivity contribution in [3.8, 4) is 6.07 Å². The van der Waals surface area contributed by atoms with Gasteiger partial charge in [-0.25, -0.2) is 4.79 Å². The van der Waals surface area contributed by atoms with Gasteiger partial charge in [-0.2, -0.15) is 5.26 Å². The minimum atomic E-state index is -0.506. The lowest BCUT2D eigenvalue weighted by molar-refractivity contribution is 0.0600. The molecule has 0 fully saturated rings. The van der Waals surface area contributed by atoms with Crippen molar-refractivity contribution in [2.24, 2.45) is 0 Å². The van der Waals surface area contributed by atoms with E-state index in [1.165, 1.54) is 18.1 Å². The second kappa shape index (κ2) is 7.06. The smallest absolute Gasteiger partial charge is 0.337 e. The number of amides is 1. The van der Waals surface area contributed by atoms with Gasteiger partial charge >= 0.3 is 5.97 Å². The van der Waals surface area contributed by atoms with Crippen molar-refractivity contribution in [3.63, 3.8) is 0 Å².